The zero-order valence-corrected chi connectivity index (χ0v) is 15.2. The largest absolute Gasteiger partial charge is 0.497 e. The van der Waals surface area contributed by atoms with Crippen LogP contribution in [0.3, 0.4) is 0 Å². The molecule has 2 aromatic carbocycles. The number of nitrogens with one attached hydrogen (secondary N) is 1. The number of benzene rings is 2. The maximum absolute atomic E-state index is 12.6. The minimum atomic E-state index is -0.189. The molecular formula is C21H22N2O3. The molecule has 26 heavy (non-hydrogen) atoms. The zero-order chi connectivity index (χ0) is 18.5. The Kier molecular flexibility index (Phi) is 5.37. The number of carbonyl (C=O) groups is 1. The Morgan fingerprint density at radius 2 is 1.92 bits per heavy atom. The lowest BCUT2D eigenvalue weighted by molar-refractivity contribution is -0.121. The zero-order valence-electron chi connectivity index (χ0n) is 15.2. The monoisotopic (exact) mass is 350 g/mol. The van der Waals surface area contributed by atoms with Crippen LogP contribution in [0.2, 0.25) is 0 Å². The normalized spacial score (nSPS) is 11.8. The molecule has 0 bridgehead atoms. The number of para-hydroxylation sites is 1. The third kappa shape index (κ3) is 3.77. The third-order valence-electron chi connectivity index (χ3n) is 4.35. The van der Waals surface area contributed by atoms with Gasteiger partial charge in [-0.1, -0.05) is 24.3 Å². The van der Waals surface area contributed by atoms with Crippen molar-refractivity contribution < 1.29 is 14.3 Å². The number of rotatable bonds is 6. The van der Waals surface area contributed by atoms with Crippen LogP contribution in [0, 0.1) is 0 Å². The van der Waals surface area contributed by atoms with Gasteiger partial charge in [-0.25, -0.2) is 0 Å². The molecule has 1 amide bonds. The molecule has 1 atom stereocenters. The van der Waals surface area contributed by atoms with Gasteiger partial charge in [-0.15, -0.1) is 0 Å². The summed E-state index contributed by atoms with van der Waals surface area (Å²) in [6, 6.07) is 15.2. The third-order valence-corrected chi connectivity index (χ3v) is 4.35. The standard InChI is InChI=1S/C21H22N2O3/c1-14(18-10-9-17(25-2)13-19(18)26-3)23-20(24)12-16-7-4-6-15-8-5-11-22-21(15)16/h4-11,13-14H,12H2,1-3H3,(H,23,24). The lowest BCUT2D eigenvalue weighted by Gasteiger charge is -2.18. The second-order valence-electron chi connectivity index (χ2n) is 6.07. The van der Waals surface area contributed by atoms with Crippen LogP contribution in [-0.4, -0.2) is 25.1 Å². The highest BCUT2D eigenvalue weighted by Crippen LogP contribution is 2.29. The van der Waals surface area contributed by atoms with E-state index in [0.29, 0.717) is 11.5 Å². The SMILES string of the molecule is COc1ccc(C(C)NC(=O)Cc2cccc3cccnc23)c(OC)c1. The average molecular weight is 350 g/mol. The van der Waals surface area contributed by atoms with Gasteiger partial charge < -0.3 is 14.8 Å². The minimum Gasteiger partial charge on any atom is -0.497 e. The second-order valence-corrected chi connectivity index (χ2v) is 6.07. The highest BCUT2D eigenvalue weighted by atomic mass is 16.5. The molecule has 1 N–H and O–H groups in total. The summed E-state index contributed by atoms with van der Waals surface area (Å²) in [6.45, 7) is 1.93. The molecule has 3 rings (SSSR count). The number of pyridine rings is 1. The first-order chi connectivity index (χ1) is 12.6. The number of nitrogens with zero attached hydrogens (tertiary/aromatic N) is 1. The maximum Gasteiger partial charge on any atom is 0.224 e. The summed E-state index contributed by atoms with van der Waals surface area (Å²) in [5, 5.41) is 4.06. The molecule has 0 spiro atoms. The number of carbonyl (C=O) groups excluding carboxylic acids is 1. The molecular weight excluding hydrogens is 328 g/mol. The van der Waals surface area contributed by atoms with Gasteiger partial charge in [0, 0.05) is 23.2 Å². The Hall–Kier alpha value is -3.08. The summed E-state index contributed by atoms with van der Waals surface area (Å²) in [5.41, 5.74) is 2.67. The number of amides is 1. The molecule has 0 saturated carbocycles. The molecule has 0 radical (unpaired) electrons. The summed E-state index contributed by atoms with van der Waals surface area (Å²) in [5.74, 6) is 1.34. The number of hydrogen-bond donors (Lipinski definition) is 1. The van der Waals surface area contributed by atoms with Gasteiger partial charge in [0.25, 0.3) is 0 Å². The van der Waals surface area contributed by atoms with Gasteiger partial charge in [-0.2, -0.15) is 0 Å². The molecule has 1 unspecified atom stereocenters. The van der Waals surface area contributed by atoms with Crippen LogP contribution in [0.4, 0.5) is 0 Å². The fraction of sp³-hybridized carbons (Fsp3) is 0.238. The van der Waals surface area contributed by atoms with Gasteiger partial charge in [-0.05, 0) is 30.7 Å². The summed E-state index contributed by atoms with van der Waals surface area (Å²) in [6.07, 6.45) is 2.02. The van der Waals surface area contributed by atoms with E-state index in [2.05, 4.69) is 10.3 Å². The van der Waals surface area contributed by atoms with Gasteiger partial charge in [0.1, 0.15) is 11.5 Å². The van der Waals surface area contributed by atoms with Crippen molar-refractivity contribution in [3.05, 3.63) is 65.9 Å². The van der Waals surface area contributed by atoms with E-state index in [4.69, 9.17) is 9.47 Å². The number of ether oxygens (including phenoxy) is 2. The molecule has 134 valence electrons. The van der Waals surface area contributed by atoms with Gasteiger partial charge in [-0.3, -0.25) is 9.78 Å². The van der Waals surface area contributed by atoms with Crippen molar-refractivity contribution in [1.29, 1.82) is 0 Å². The van der Waals surface area contributed by atoms with Crippen LogP contribution >= 0.6 is 0 Å². The van der Waals surface area contributed by atoms with Gasteiger partial charge in [0.05, 0.1) is 32.2 Å². The summed E-state index contributed by atoms with van der Waals surface area (Å²) in [7, 11) is 3.21. The first-order valence-electron chi connectivity index (χ1n) is 8.46. The van der Waals surface area contributed by atoms with E-state index in [1.165, 1.54) is 0 Å². The molecule has 5 heteroatoms. The highest BCUT2D eigenvalue weighted by Gasteiger charge is 2.16. The van der Waals surface area contributed by atoms with Crippen LogP contribution in [0.1, 0.15) is 24.1 Å². The topological polar surface area (TPSA) is 60.5 Å². The summed E-state index contributed by atoms with van der Waals surface area (Å²) < 4.78 is 10.6. The molecule has 3 aromatic rings. The summed E-state index contributed by atoms with van der Waals surface area (Å²) in [4.78, 5) is 17.0. The van der Waals surface area contributed by atoms with Crippen molar-refractivity contribution in [3.63, 3.8) is 0 Å². The Balaban J connectivity index is 1.75. The van der Waals surface area contributed by atoms with Gasteiger partial charge >= 0.3 is 0 Å². The molecule has 1 heterocycles. The molecule has 0 saturated heterocycles. The van der Waals surface area contributed by atoms with Crippen LogP contribution in [0.5, 0.6) is 11.5 Å². The Morgan fingerprint density at radius 3 is 2.69 bits per heavy atom. The van der Waals surface area contributed by atoms with Crippen LogP contribution in [-0.2, 0) is 11.2 Å². The number of aromatic nitrogens is 1. The molecule has 0 aliphatic rings. The fourth-order valence-corrected chi connectivity index (χ4v) is 3.03. The van der Waals surface area contributed by atoms with Crippen molar-refractivity contribution in [2.75, 3.05) is 14.2 Å². The fourth-order valence-electron chi connectivity index (χ4n) is 3.03. The van der Waals surface area contributed by atoms with Crippen molar-refractivity contribution in [2.45, 2.75) is 19.4 Å². The maximum atomic E-state index is 12.6. The van der Waals surface area contributed by atoms with Crippen molar-refractivity contribution >= 4 is 16.8 Å². The Morgan fingerprint density at radius 1 is 1.12 bits per heavy atom. The van der Waals surface area contributed by atoms with E-state index in [-0.39, 0.29) is 18.4 Å². The summed E-state index contributed by atoms with van der Waals surface area (Å²) >= 11 is 0. The highest BCUT2D eigenvalue weighted by molar-refractivity contribution is 5.87. The Labute approximate surface area is 153 Å². The van der Waals surface area contributed by atoms with Crippen molar-refractivity contribution in [1.82, 2.24) is 10.3 Å². The van der Waals surface area contributed by atoms with E-state index in [1.54, 1.807) is 20.4 Å². The van der Waals surface area contributed by atoms with Crippen LogP contribution in [0.25, 0.3) is 10.9 Å². The van der Waals surface area contributed by atoms with Crippen LogP contribution < -0.4 is 14.8 Å². The predicted octanol–water partition coefficient (Wildman–Crippen LogP) is 3.67. The molecule has 1 aromatic heterocycles. The van der Waals surface area contributed by atoms with E-state index in [1.807, 2.05) is 55.5 Å². The predicted molar refractivity (Wildman–Crippen MR) is 102 cm³/mol. The van der Waals surface area contributed by atoms with Gasteiger partial charge in [0.2, 0.25) is 5.91 Å². The van der Waals surface area contributed by atoms with E-state index < -0.39 is 0 Å². The van der Waals surface area contributed by atoms with Crippen LogP contribution in [0.15, 0.2) is 54.7 Å². The number of hydrogen-bond acceptors (Lipinski definition) is 4. The van der Waals surface area contributed by atoms with E-state index in [0.717, 1.165) is 22.0 Å². The number of methoxy groups -OCH3 is 2. The van der Waals surface area contributed by atoms with Crippen molar-refractivity contribution in [2.24, 2.45) is 0 Å². The lowest BCUT2D eigenvalue weighted by Crippen LogP contribution is -2.28. The Bertz CT molecular complexity index is 919. The smallest absolute Gasteiger partial charge is 0.224 e. The average Bonchev–Trinajstić information content (AvgIpc) is 2.67. The number of fused-ring (bicyclic) bond motifs is 1. The molecule has 0 aliphatic carbocycles. The first kappa shape index (κ1) is 17.7. The lowest BCUT2D eigenvalue weighted by atomic mass is 10.0. The molecule has 0 fully saturated rings. The van der Waals surface area contributed by atoms with Crippen molar-refractivity contribution in [3.8, 4) is 11.5 Å². The van der Waals surface area contributed by atoms with E-state index >= 15 is 0 Å². The molecule has 5 nitrogen and oxygen atoms in total. The second kappa shape index (κ2) is 7.87. The van der Waals surface area contributed by atoms with E-state index in [9.17, 15) is 4.79 Å². The quantitative estimate of drug-likeness (QED) is 0.737. The van der Waals surface area contributed by atoms with Gasteiger partial charge in [0.15, 0.2) is 0 Å². The first-order valence-corrected chi connectivity index (χ1v) is 8.46. The molecule has 0 aliphatic heterocycles. The minimum absolute atomic E-state index is 0.0616.